The third-order valence-electron chi connectivity index (χ3n) is 1.73. The van der Waals surface area contributed by atoms with Gasteiger partial charge in [-0.25, -0.2) is 4.57 Å². The molecule has 0 rings (SSSR count). The zero-order valence-electron chi connectivity index (χ0n) is 9.61. The van der Waals surface area contributed by atoms with Crippen LogP contribution >= 0.6 is 30.8 Å². The van der Waals surface area contributed by atoms with Crippen LogP contribution in [0.4, 0.5) is 13.2 Å². The molecule has 0 saturated heterocycles. The Hall–Kier alpha value is 0.540. The summed E-state index contributed by atoms with van der Waals surface area (Å²) in [7, 11) is 0. The highest BCUT2D eigenvalue weighted by atomic mass is 35.7. The monoisotopic (exact) mass is 330 g/mol. The standard InChI is InChI=1S/C8H15ClF3O4PS/c1-2-3-4-15-6-7(18,5-8(10,11)12)16-17(9,13)14/h18H,2-6H2,1H3,(H,13,14). The molecule has 2 atom stereocenters. The molecule has 0 aliphatic carbocycles. The normalized spacial score (nSPS) is 19.3. The Morgan fingerprint density at radius 3 is 2.39 bits per heavy atom. The van der Waals surface area contributed by atoms with Crippen LogP contribution in [0.5, 0.6) is 0 Å². The fourth-order valence-electron chi connectivity index (χ4n) is 1.11. The number of halogens is 4. The second-order valence-electron chi connectivity index (χ2n) is 3.69. The van der Waals surface area contributed by atoms with Crippen LogP contribution < -0.4 is 0 Å². The van der Waals surface area contributed by atoms with Gasteiger partial charge in [-0.05, 0) is 6.42 Å². The molecule has 4 nitrogen and oxygen atoms in total. The highest BCUT2D eigenvalue weighted by Crippen LogP contribution is 2.54. The number of unbranched alkanes of at least 4 members (excludes halogenated alkanes) is 1. The zero-order chi connectivity index (χ0) is 14.4. The minimum atomic E-state index is -4.62. The minimum absolute atomic E-state index is 0.206. The summed E-state index contributed by atoms with van der Waals surface area (Å²) in [5, 5.41) is 0. The molecule has 0 spiro atoms. The van der Waals surface area contributed by atoms with Gasteiger partial charge in [0.25, 0.3) is 0 Å². The van der Waals surface area contributed by atoms with E-state index in [9.17, 15) is 17.7 Å². The van der Waals surface area contributed by atoms with Crippen molar-refractivity contribution in [2.45, 2.75) is 37.3 Å². The van der Waals surface area contributed by atoms with Gasteiger partial charge >= 0.3 is 13.1 Å². The van der Waals surface area contributed by atoms with Gasteiger partial charge in [-0.15, -0.1) is 12.6 Å². The molecule has 2 unspecified atom stereocenters. The van der Waals surface area contributed by atoms with E-state index in [0.717, 1.165) is 6.42 Å². The van der Waals surface area contributed by atoms with Crippen LogP contribution in [-0.4, -0.2) is 29.2 Å². The molecule has 10 heteroatoms. The van der Waals surface area contributed by atoms with Crippen LogP contribution in [0, 0.1) is 0 Å². The van der Waals surface area contributed by atoms with Gasteiger partial charge < -0.3 is 9.63 Å². The summed E-state index contributed by atoms with van der Waals surface area (Å²) < 4.78 is 57.0. The van der Waals surface area contributed by atoms with E-state index in [0.29, 0.717) is 6.42 Å². The molecule has 0 amide bonds. The first kappa shape index (κ1) is 18.5. The average molecular weight is 331 g/mol. The van der Waals surface area contributed by atoms with Crippen molar-refractivity contribution in [2.75, 3.05) is 13.2 Å². The van der Waals surface area contributed by atoms with Crippen molar-refractivity contribution in [1.29, 1.82) is 0 Å². The summed E-state index contributed by atoms with van der Waals surface area (Å²) in [5.41, 5.74) is 0. The lowest BCUT2D eigenvalue weighted by molar-refractivity contribution is -0.162. The Labute approximate surface area is 114 Å². The smallest absolute Gasteiger partial charge is 0.378 e. The van der Waals surface area contributed by atoms with E-state index in [-0.39, 0.29) is 6.61 Å². The molecule has 0 bridgehead atoms. The molecule has 0 aromatic rings. The lowest BCUT2D eigenvalue weighted by Crippen LogP contribution is -2.36. The van der Waals surface area contributed by atoms with Crippen molar-refractivity contribution >= 4 is 30.8 Å². The first-order chi connectivity index (χ1) is 7.97. The van der Waals surface area contributed by atoms with Gasteiger partial charge in [-0.3, -0.25) is 4.52 Å². The number of alkyl halides is 3. The Kier molecular flexibility index (Phi) is 7.58. The topological polar surface area (TPSA) is 55.8 Å². The van der Waals surface area contributed by atoms with Crippen molar-refractivity contribution in [2.24, 2.45) is 0 Å². The van der Waals surface area contributed by atoms with E-state index in [4.69, 9.17) is 20.9 Å². The van der Waals surface area contributed by atoms with Gasteiger partial charge in [0.1, 0.15) is 0 Å². The first-order valence-electron chi connectivity index (χ1n) is 5.07. The quantitative estimate of drug-likeness (QED) is 0.308. The van der Waals surface area contributed by atoms with E-state index < -0.39 is 31.1 Å². The molecule has 0 aliphatic heterocycles. The highest BCUT2D eigenvalue weighted by Gasteiger charge is 2.45. The molecule has 0 fully saturated rings. The predicted octanol–water partition coefficient (Wildman–Crippen LogP) is 3.74. The van der Waals surface area contributed by atoms with Gasteiger partial charge in [0.15, 0.2) is 4.93 Å². The number of hydrogen-bond donors (Lipinski definition) is 2. The largest absolute Gasteiger partial charge is 0.423 e. The van der Waals surface area contributed by atoms with Crippen LogP contribution in [0.25, 0.3) is 0 Å². The molecule has 0 saturated carbocycles. The second-order valence-corrected chi connectivity index (χ2v) is 6.87. The summed E-state index contributed by atoms with van der Waals surface area (Å²) in [4.78, 5) is 6.50. The molecule has 0 aliphatic rings. The van der Waals surface area contributed by atoms with Crippen LogP contribution in [-0.2, 0) is 13.8 Å². The van der Waals surface area contributed by atoms with Gasteiger partial charge in [0.05, 0.1) is 13.0 Å². The Morgan fingerprint density at radius 2 is 2.00 bits per heavy atom. The third kappa shape index (κ3) is 10.5. The molecule has 0 aromatic heterocycles. The molecule has 1 N–H and O–H groups in total. The molecule has 110 valence electrons. The van der Waals surface area contributed by atoms with Crippen LogP contribution in [0.3, 0.4) is 0 Å². The summed E-state index contributed by atoms with van der Waals surface area (Å²) in [6.45, 7) is -3.12. The van der Waals surface area contributed by atoms with E-state index in [2.05, 4.69) is 17.2 Å². The molecule has 0 radical (unpaired) electrons. The molecular weight excluding hydrogens is 316 g/mol. The minimum Gasteiger partial charge on any atom is -0.378 e. The van der Waals surface area contributed by atoms with E-state index in [1.807, 2.05) is 6.92 Å². The zero-order valence-corrected chi connectivity index (χ0v) is 12.2. The van der Waals surface area contributed by atoms with Crippen molar-refractivity contribution in [1.82, 2.24) is 0 Å². The maximum absolute atomic E-state index is 12.3. The van der Waals surface area contributed by atoms with Gasteiger partial charge in [-0.1, -0.05) is 13.3 Å². The second kappa shape index (κ2) is 7.36. The van der Waals surface area contributed by atoms with Crippen molar-refractivity contribution in [3.63, 3.8) is 0 Å². The van der Waals surface area contributed by atoms with Crippen molar-refractivity contribution in [3.8, 4) is 0 Å². The van der Waals surface area contributed by atoms with Crippen molar-refractivity contribution < 1.29 is 31.9 Å². The Morgan fingerprint density at radius 1 is 1.44 bits per heavy atom. The Balaban J connectivity index is 4.55. The SMILES string of the molecule is CCCCOCC(S)(CC(F)(F)F)OP(=O)(O)Cl. The highest BCUT2D eigenvalue weighted by molar-refractivity contribution is 7.84. The fourth-order valence-corrected chi connectivity index (χ4v) is 2.79. The van der Waals surface area contributed by atoms with Crippen LogP contribution in [0.1, 0.15) is 26.2 Å². The summed E-state index contributed by atoms with van der Waals surface area (Å²) in [6.07, 6.45) is -4.73. The lowest BCUT2D eigenvalue weighted by Gasteiger charge is -2.29. The number of thiol groups is 1. The molecule has 0 aromatic carbocycles. The van der Waals surface area contributed by atoms with E-state index in [1.165, 1.54) is 0 Å². The van der Waals surface area contributed by atoms with E-state index in [1.54, 1.807) is 0 Å². The molecular formula is C8H15ClF3O4PS. The third-order valence-corrected chi connectivity index (χ3v) is 3.03. The average Bonchev–Trinajstić information content (AvgIpc) is 2.05. The molecule has 0 heterocycles. The van der Waals surface area contributed by atoms with Crippen LogP contribution in [0.15, 0.2) is 0 Å². The maximum atomic E-state index is 12.3. The number of rotatable bonds is 8. The summed E-state index contributed by atoms with van der Waals surface area (Å²) in [5.74, 6) is 0. The van der Waals surface area contributed by atoms with Gasteiger partial charge in [0, 0.05) is 17.8 Å². The fraction of sp³-hybridized carbons (Fsp3) is 1.00. The summed E-state index contributed by atoms with van der Waals surface area (Å²) >= 11 is 8.53. The maximum Gasteiger partial charge on any atom is 0.423 e. The first-order valence-corrected chi connectivity index (χ1v) is 8.00. The Bertz CT molecular complexity index is 299. The predicted molar refractivity (Wildman–Crippen MR) is 64.9 cm³/mol. The molecule has 18 heavy (non-hydrogen) atoms. The number of hydrogen-bond acceptors (Lipinski definition) is 4. The van der Waals surface area contributed by atoms with E-state index >= 15 is 0 Å². The van der Waals surface area contributed by atoms with Gasteiger partial charge in [-0.2, -0.15) is 13.2 Å². The number of ether oxygens (including phenoxy) is 1. The van der Waals surface area contributed by atoms with Crippen molar-refractivity contribution in [3.05, 3.63) is 0 Å². The summed E-state index contributed by atoms with van der Waals surface area (Å²) in [6, 6.07) is 0. The lowest BCUT2D eigenvalue weighted by atomic mass is 10.2. The van der Waals surface area contributed by atoms with Gasteiger partial charge in [0.2, 0.25) is 0 Å². The van der Waals surface area contributed by atoms with Crippen LogP contribution in [0.2, 0.25) is 0 Å².